The molecule has 1 heterocycles. The molecule has 0 unspecified atom stereocenters. The zero-order valence-corrected chi connectivity index (χ0v) is 11.8. The lowest BCUT2D eigenvalue weighted by Gasteiger charge is -2.07. The van der Waals surface area contributed by atoms with Gasteiger partial charge < -0.3 is 4.57 Å². The molecule has 1 rings (SSSR count). The molecule has 0 spiro atoms. The minimum atomic E-state index is -0.478. The molecule has 7 heteroatoms. The van der Waals surface area contributed by atoms with Crippen LogP contribution in [-0.2, 0) is 6.54 Å². The lowest BCUT2D eigenvalue weighted by atomic mass is 10.2. The van der Waals surface area contributed by atoms with E-state index in [9.17, 15) is 14.9 Å². The molecule has 0 fully saturated rings. The number of unbranched alkanes of at least 4 members (excludes halogenated alkanes) is 1. The maximum Gasteiger partial charge on any atom is 0.289 e. The Bertz CT molecular complexity index is 487. The number of hydrogen-bond acceptors (Lipinski definition) is 4. The summed E-state index contributed by atoms with van der Waals surface area (Å²) in [7, 11) is 0. The minimum absolute atomic E-state index is 0.0395. The van der Waals surface area contributed by atoms with E-state index < -0.39 is 4.92 Å². The van der Waals surface area contributed by atoms with Crippen LogP contribution in [-0.4, -0.2) is 15.2 Å². The molecular formula is C10H13BrN2O3S. The number of aromatic nitrogens is 1. The van der Waals surface area contributed by atoms with Gasteiger partial charge in [0.25, 0.3) is 11.2 Å². The molecule has 0 aliphatic heterocycles. The summed E-state index contributed by atoms with van der Waals surface area (Å²) in [6.07, 6.45) is 2.95. The summed E-state index contributed by atoms with van der Waals surface area (Å²) in [4.78, 5) is 22.2. The van der Waals surface area contributed by atoms with E-state index in [4.69, 9.17) is 0 Å². The average Bonchev–Trinajstić information content (AvgIpc) is 2.29. The molecule has 0 aliphatic carbocycles. The van der Waals surface area contributed by atoms with Crippen LogP contribution in [0, 0.1) is 17.0 Å². The van der Waals surface area contributed by atoms with Crippen molar-refractivity contribution >= 4 is 34.2 Å². The van der Waals surface area contributed by atoms with Crippen LogP contribution < -0.4 is 5.56 Å². The highest BCUT2D eigenvalue weighted by Gasteiger charge is 2.17. The van der Waals surface area contributed by atoms with Crippen LogP contribution in [0.5, 0.6) is 0 Å². The van der Waals surface area contributed by atoms with Gasteiger partial charge in [-0.1, -0.05) is 0 Å². The smallest absolute Gasteiger partial charge is 0.289 e. The Morgan fingerprint density at radius 3 is 2.71 bits per heavy atom. The molecule has 0 bridgehead atoms. The van der Waals surface area contributed by atoms with Gasteiger partial charge in [-0.15, -0.1) is 0 Å². The number of aryl methyl sites for hydroxylation is 1. The highest BCUT2D eigenvalue weighted by Crippen LogP contribution is 2.22. The first-order chi connectivity index (χ1) is 7.99. The van der Waals surface area contributed by atoms with Gasteiger partial charge in [0.2, 0.25) is 0 Å². The SMILES string of the molecule is Cc1c([N+](=O)[O-])cn(CCCCS)c(=O)c1Br. The fourth-order valence-electron chi connectivity index (χ4n) is 1.45. The number of nitrogens with zero attached hydrogens (tertiary/aromatic N) is 2. The van der Waals surface area contributed by atoms with E-state index in [1.807, 2.05) is 0 Å². The molecule has 94 valence electrons. The molecule has 0 atom stereocenters. The molecule has 5 nitrogen and oxygen atoms in total. The Morgan fingerprint density at radius 2 is 2.18 bits per heavy atom. The monoisotopic (exact) mass is 320 g/mol. The van der Waals surface area contributed by atoms with Crippen molar-refractivity contribution in [1.82, 2.24) is 4.57 Å². The maximum absolute atomic E-state index is 11.8. The Hall–Kier alpha value is -0.820. The molecular weight excluding hydrogens is 308 g/mol. The van der Waals surface area contributed by atoms with Crippen LogP contribution in [0.25, 0.3) is 0 Å². The van der Waals surface area contributed by atoms with Crippen LogP contribution in [0.2, 0.25) is 0 Å². The molecule has 0 saturated carbocycles. The van der Waals surface area contributed by atoms with Crippen LogP contribution >= 0.6 is 28.6 Å². The van der Waals surface area contributed by atoms with E-state index in [0.717, 1.165) is 18.6 Å². The minimum Gasteiger partial charge on any atom is -0.308 e. The van der Waals surface area contributed by atoms with Crippen molar-refractivity contribution in [1.29, 1.82) is 0 Å². The quantitative estimate of drug-likeness (QED) is 0.392. The predicted octanol–water partition coefficient (Wildman–Crippen LogP) is 2.54. The van der Waals surface area contributed by atoms with Crippen molar-refractivity contribution in [2.24, 2.45) is 0 Å². The van der Waals surface area contributed by atoms with E-state index in [1.165, 1.54) is 10.8 Å². The Kier molecular flexibility index (Phi) is 5.20. The number of thiol groups is 1. The highest BCUT2D eigenvalue weighted by atomic mass is 79.9. The summed E-state index contributed by atoms with van der Waals surface area (Å²) >= 11 is 7.18. The molecule has 17 heavy (non-hydrogen) atoms. The number of hydrogen-bond donors (Lipinski definition) is 1. The van der Waals surface area contributed by atoms with Gasteiger partial charge in [-0.3, -0.25) is 14.9 Å². The third-order valence-corrected chi connectivity index (χ3v) is 3.69. The van der Waals surface area contributed by atoms with Crippen molar-refractivity contribution in [2.75, 3.05) is 5.75 Å². The fourth-order valence-corrected chi connectivity index (χ4v) is 2.10. The van der Waals surface area contributed by atoms with Gasteiger partial charge in [-0.25, -0.2) is 0 Å². The van der Waals surface area contributed by atoms with Crippen LogP contribution in [0.3, 0.4) is 0 Å². The number of halogens is 1. The topological polar surface area (TPSA) is 65.1 Å². The first-order valence-electron chi connectivity index (χ1n) is 5.13. The predicted molar refractivity (Wildman–Crippen MR) is 72.9 cm³/mol. The number of rotatable bonds is 5. The molecule has 1 aromatic rings. The summed E-state index contributed by atoms with van der Waals surface area (Å²) in [5.74, 6) is 0.740. The lowest BCUT2D eigenvalue weighted by Crippen LogP contribution is -2.22. The van der Waals surface area contributed by atoms with Gasteiger partial charge in [-0.2, -0.15) is 12.6 Å². The second-order valence-corrected chi connectivity index (χ2v) is 4.88. The van der Waals surface area contributed by atoms with E-state index in [0.29, 0.717) is 12.1 Å². The van der Waals surface area contributed by atoms with Gasteiger partial charge in [0.15, 0.2) is 0 Å². The summed E-state index contributed by atoms with van der Waals surface area (Å²) in [5, 5.41) is 10.8. The largest absolute Gasteiger partial charge is 0.308 e. The third kappa shape index (κ3) is 3.32. The third-order valence-electron chi connectivity index (χ3n) is 2.44. The van der Waals surface area contributed by atoms with E-state index >= 15 is 0 Å². The summed E-state index contributed by atoms with van der Waals surface area (Å²) in [6, 6.07) is 0. The first kappa shape index (κ1) is 14.2. The number of nitro groups is 1. The zero-order chi connectivity index (χ0) is 13.0. The van der Waals surface area contributed by atoms with E-state index in [-0.39, 0.29) is 15.7 Å². The Morgan fingerprint density at radius 1 is 1.53 bits per heavy atom. The second-order valence-electron chi connectivity index (χ2n) is 3.64. The van der Waals surface area contributed by atoms with Gasteiger partial charge in [-0.05, 0) is 41.4 Å². The van der Waals surface area contributed by atoms with Crippen LogP contribution in [0.1, 0.15) is 18.4 Å². The summed E-state index contributed by atoms with van der Waals surface area (Å²) in [6.45, 7) is 2.03. The first-order valence-corrected chi connectivity index (χ1v) is 6.56. The molecule has 0 aromatic carbocycles. The van der Waals surface area contributed by atoms with Crippen molar-refractivity contribution in [3.8, 4) is 0 Å². The van der Waals surface area contributed by atoms with Crippen molar-refractivity contribution in [3.63, 3.8) is 0 Å². The van der Waals surface area contributed by atoms with Gasteiger partial charge in [0.05, 0.1) is 15.6 Å². The maximum atomic E-state index is 11.8. The van der Waals surface area contributed by atoms with Gasteiger partial charge >= 0.3 is 0 Å². The Balaban J connectivity index is 3.14. The highest BCUT2D eigenvalue weighted by molar-refractivity contribution is 9.10. The van der Waals surface area contributed by atoms with Crippen molar-refractivity contribution in [3.05, 3.63) is 36.7 Å². The standard InChI is InChI=1S/C10H13BrN2O3S/c1-7-8(13(15)16)6-12(4-2-3-5-17)10(14)9(7)11/h6,17H,2-5H2,1H3. The van der Waals surface area contributed by atoms with Crippen LogP contribution in [0.4, 0.5) is 5.69 Å². The van der Waals surface area contributed by atoms with Crippen molar-refractivity contribution in [2.45, 2.75) is 26.3 Å². The van der Waals surface area contributed by atoms with Gasteiger partial charge in [0, 0.05) is 12.1 Å². The summed E-state index contributed by atoms with van der Waals surface area (Å²) < 4.78 is 1.64. The average molecular weight is 321 g/mol. The van der Waals surface area contributed by atoms with Crippen LogP contribution in [0.15, 0.2) is 15.5 Å². The molecule has 0 saturated heterocycles. The molecule has 0 radical (unpaired) electrons. The lowest BCUT2D eigenvalue weighted by molar-refractivity contribution is -0.386. The summed E-state index contributed by atoms with van der Waals surface area (Å²) in [5.41, 5.74) is 0.0973. The molecule has 0 amide bonds. The molecule has 1 aromatic heterocycles. The Labute approximate surface area is 113 Å². The zero-order valence-electron chi connectivity index (χ0n) is 9.35. The van der Waals surface area contributed by atoms with Crippen molar-refractivity contribution < 1.29 is 4.92 Å². The van der Waals surface area contributed by atoms with E-state index in [1.54, 1.807) is 6.92 Å². The number of pyridine rings is 1. The fraction of sp³-hybridized carbons (Fsp3) is 0.500. The normalized spacial score (nSPS) is 10.5. The van der Waals surface area contributed by atoms with E-state index in [2.05, 4.69) is 28.6 Å². The van der Waals surface area contributed by atoms with Gasteiger partial charge in [0.1, 0.15) is 0 Å². The second kappa shape index (κ2) is 6.20. The molecule has 0 aliphatic rings. The molecule has 0 N–H and O–H groups in total.